The molecule has 2 heterocycles. The first-order chi connectivity index (χ1) is 13.2. The van der Waals surface area contributed by atoms with Gasteiger partial charge in [-0.25, -0.2) is 18.1 Å². The Morgan fingerprint density at radius 1 is 1.32 bits per heavy atom. The highest BCUT2D eigenvalue weighted by Crippen LogP contribution is 2.33. The molecule has 1 aromatic carbocycles. The van der Waals surface area contributed by atoms with Crippen molar-refractivity contribution in [2.75, 3.05) is 12.8 Å². The van der Waals surface area contributed by atoms with Gasteiger partial charge >= 0.3 is 0 Å². The van der Waals surface area contributed by atoms with Crippen LogP contribution in [-0.4, -0.2) is 45.4 Å². The summed E-state index contributed by atoms with van der Waals surface area (Å²) in [5.41, 5.74) is -1.38. The molecule has 0 bridgehead atoms. The molecule has 0 aliphatic carbocycles. The third kappa shape index (κ3) is 4.92. The van der Waals surface area contributed by atoms with Gasteiger partial charge in [-0.2, -0.15) is 9.40 Å². The molecule has 0 radical (unpaired) electrons. The molecule has 1 N–H and O–H groups in total. The second kappa shape index (κ2) is 8.22. The van der Waals surface area contributed by atoms with Crippen LogP contribution in [0.3, 0.4) is 0 Å². The number of aromatic nitrogens is 3. The van der Waals surface area contributed by atoms with E-state index < -0.39 is 15.6 Å². The highest BCUT2D eigenvalue weighted by Gasteiger charge is 2.37. The summed E-state index contributed by atoms with van der Waals surface area (Å²) in [6.45, 7) is -0.400. The normalized spacial score (nSPS) is 14.3. The Bertz CT molecular complexity index is 1030. The highest BCUT2D eigenvalue weighted by atomic mass is 35.5. The Hall–Kier alpha value is -1.91. The van der Waals surface area contributed by atoms with Gasteiger partial charge in [0.1, 0.15) is 24.0 Å². The van der Waals surface area contributed by atoms with E-state index in [4.69, 9.17) is 27.6 Å². The van der Waals surface area contributed by atoms with Crippen LogP contribution in [0.2, 0.25) is 10.0 Å². The Morgan fingerprint density at radius 2 is 2.11 bits per heavy atom. The van der Waals surface area contributed by atoms with Gasteiger partial charge in [0.05, 0.1) is 25.6 Å². The van der Waals surface area contributed by atoms with E-state index in [0.29, 0.717) is 16.3 Å². The SMILES string of the molecule is CS(=O)(=O)N(Cc1ccco1)CC(O)(Cn1cncn1)c1ccc(Cl)cc1Cl. The molecule has 3 rings (SSSR count). The molecule has 8 nitrogen and oxygen atoms in total. The number of hydrogen-bond donors (Lipinski definition) is 1. The van der Waals surface area contributed by atoms with Crippen molar-refractivity contribution in [1.29, 1.82) is 0 Å². The molecule has 1 unspecified atom stereocenters. The van der Waals surface area contributed by atoms with Crippen molar-refractivity contribution in [3.05, 3.63) is 70.6 Å². The van der Waals surface area contributed by atoms with Gasteiger partial charge in [0.2, 0.25) is 10.0 Å². The standard InChI is InChI=1S/C17H18Cl2N4O4S/c1-28(25,26)23(8-14-3-2-6-27-14)10-17(24,9-22-12-20-11-21-22)15-5-4-13(18)7-16(15)19/h2-7,11-12,24H,8-10H2,1H3. The van der Waals surface area contributed by atoms with E-state index in [1.807, 2.05) is 0 Å². The lowest BCUT2D eigenvalue weighted by atomic mass is 9.93. The summed E-state index contributed by atoms with van der Waals surface area (Å²) in [6.07, 6.45) is 5.26. The number of aliphatic hydroxyl groups is 1. The third-order valence-corrected chi connectivity index (χ3v) is 5.89. The molecule has 3 aromatic rings. The summed E-state index contributed by atoms with van der Waals surface area (Å²) in [7, 11) is -3.68. The van der Waals surface area contributed by atoms with Crippen LogP contribution in [0.1, 0.15) is 11.3 Å². The zero-order chi connectivity index (χ0) is 20.4. The molecule has 0 amide bonds. The summed E-state index contributed by atoms with van der Waals surface area (Å²) < 4.78 is 32.6. The number of halogens is 2. The molecule has 0 fully saturated rings. The molecule has 0 aliphatic heterocycles. The summed E-state index contributed by atoms with van der Waals surface area (Å²) in [6, 6.07) is 7.95. The lowest BCUT2D eigenvalue weighted by Gasteiger charge is -2.33. The number of furan rings is 1. The van der Waals surface area contributed by atoms with E-state index in [-0.39, 0.29) is 24.7 Å². The van der Waals surface area contributed by atoms with E-state index >= 15 is 0 Å². The highest BCUT2D eigenvalue weighted by molar-refractivity contribution is 7.88. The van der Waals surface area contributed by atoms with E-state index in [1.165, 1.54) is 29.7 Å². The second-order valence-corrected chi connectivity index (χ2v) is 9.19. The van der Waals surface area contributed by atoms with Gasteiger partial charge in [0.25, 0.3) is 0 Å². The fraction of sp³-hybridized carbons (Fsp3) is 0.294. The van der Waals surface area contributed by atoms with Crippen LogP contribution >= 0.6 is 23.2 Å². The van der Waals surface area contributed by atoms with Crippen molar-refractivity contribution in [3.63, 3.8) is 0 Å². The van der Waals surface area contributed by atoms with Gasteiger partial charge < -0.3 is 9.52 Å². The quantitative estimate of drug-likeness (QED) is 0.572. The molecule has 2 aromatic heterocycles. The molecule has 0 saturated heterocycles. The monoisotopic (exact) mass is 444 g/mol. The first-order valence-electron chi connectivity index (χ1n) is 8.15. The van der Waals surface area contributed by atoms with Crippen LogP contribution in [0.4, 0.5) is 0 Å². The molecular weight excluding hydrogens is 427 g/mol. The Morgan fingerprint density at radius 3 is 2.68 bits per heavy atom. The van der Waals surface area contributed by atoms with Crippen LogP contribution in [0, 0.1) is 0 Å². The van der Waals surface area contributed by atoms with Gasteiger partial charge in [-0.1, -0.05) is 29.3 Å². The second-order valence-electron chi connectivity index (χ2n) is 6.36. The van der Waals surface area contributed by atoms with E-state index in [9.17, 15) is 13.5 Å². The van der Waals surface area contributed by atoms with Crippen LogP contribution in [0.25, 0.3) is 0 Å². The zero-order valence-electron chi connectivity index (χ0n) is 14.9. The van der Waals surface area contributed by atoms with Gasteiger partial charge in [-0.15, -0.1) is 0 Å². The Kier molecular flexibility index (Phi) is 6.11. The van der Waals surface area contributed by atoms with Crippen molar-refractivity contribution >= 4 is 33.2 Å². The molecular formula is C17H18Cl2N4O4S. The van der Waals surface area contributed by atoms with E-state index in [0.717, 1.165) is 10.6 Å². The fourth-order valence-electron chi connectivity index (χ4n) is 2.83. The molecule has 0 spiro atoms. The largest absolute Gasteiger partial charge is 0.468 e. The van der Waals surface area contributed by atoms with Crippen molar-refractivity contribution in [2.45, 2.75) is 18.7 Å². The average molecular weight is 445 g/mol. The molecule has 28 heavy (non-hydrogen) atoms. The van der Waals surface area contributed by atoms with Crippen molar-refractivity contribution < 1.29 is 17.9 Å². The van der Waals surface area contributed by atoms with Gasteiger partial charge in [-0.3, -0.25) is 0 Å². The van der Waals surface area contributed by atoms with Gasteiger partial charge in [0, 0.05) is 22.2 Å². The smallest absolute Gasteiger partial charge is 0.211 e. The Balaban J connectivity index is 2.01. The first-order valence-corrected chi connectivity index (χ1v) is 10.8. The topological polar surface area (TPSA) is 101 Å². The molecule has 0 aliphatic rings. The molecule has 150 valence electrons. The lowest BCUT2D eigenvalue weighted by molar-refractivity contribution is -0.00326. The summed E-state index contributed by atoms with van der Waals surface area (Å²) in [5, 5.41) is 16.2. The van der Waals surface area contributed by atoms with Crippen LogP contribution in [-0.2, 0) is 28.7 Å². The predicted molar refractivity (Wildman–Crippen MR) is 104 cm³/mol. The maximum absolute atomic E-state index is 12.4. The average Bonchev–Trinajstić information content (AvgIpc) is 3.27. The molecule has 0 saturated carbocycles. The predicted octanol–water partition coefficient (Wildman–Crippen LogP) is 2.53. The number of hydrogen-bond acceptors (Lipinski definition) is 6. The van der Waals surface area contributed by atoms with E-state index in [2.05, 4.69) is 10.1 Å². The van der Waals surface area contributed by atoms with Crippen molar-refractivity contribution in [1.82, 2.24) is 19.1 Å². The molecule has 1 atom stereocenters. The Labute approximate surface area is 172 Å². The summed E-state index contributed by atoms with van der Waals surface area (Å²) in [5.74, 6) is 0.440. The minimum absolute atomic E-state index is 0.0449. The summed E-state index contributed by atoms with van der Waals surface area (Å²) >= 11 is 12.3. The number of benzene rings is 1. The van der Waals surface area contributed by atoms with E-state index in [1.54, 1.807) is 24.3 Å². The third-order valence-electron chi connectivity index (χ3n) is 4.14. The summed E-state index contributed by atoms with van der Waals surface area (Å²) in [4.78, 5) is 3.87. The minimum atomic E-state index is -3.68. The number of rotatable bonds is 8. The number of sulfonamides is 1. The molecule has 11 heteroatoms. The van der Waals surface area contributed by atoms with Gasteiger partial charge in [0.15, 0.2) is 0 Å². The lowest BCUT2D eigenvalue weighted by Crippen LogP contribution is -2.46. The maximum atomic E-state index is 12.4. The number of nitrogens with zero attached hydrogens (tertiary/aromatic N) is 4. The maximum Gasteiger partial charge on any atom is 0.211 e. The van der Waals surface area contributed by atoms with Crippen LogP contribution in [0.15, 0.2) is 53.7 Å². The van der Waals surface area contributed by atoms with Crippen LogP contribution < -0.4 is 0 Å². The first kappa shape index (κ1) is 20.8. The van der Waals surface area contributed by atoms with Gasteiger partial charge in [-0.05, 0) is 24.3 Å². The van der Waals surface area contributed by atoms with Crippen molar-refractivity contribution in [2.24, 2.45) is 0 Å². The zero-order valence-corrected chi connectivity index (χ0v) is 17.2. The van der Waals surface area contributed by atoms with Crippen molar-refractivity contribution in [3.8, 4) is 0 Å². The minimum Gasteiger partial charge on any atom is -0.468 e. The fourth-order valence-corrected chi connectivity index (χ4v) is 4.22. The van der Waals surface area contributed by atoms with Crippen LogP contribution in [0.5, 0.6) is 0 Å².